The van der Waals surface area contributed by atoms with Gasteiger partial charge in [-0.2, -0.15) is 0 Å². The highest BCUT2D eigenvalue weighted by atomic mass is 32.1. The summed E-state index contributed by atoms with van der Waals surface area (Å²) in [5, 5.41) is 4.90. The van der Waals surface area contributed by atoms with E-state index in [1.165, 1.54) is 0 Å². The second-order valence-electron chi connectivity index (χ2n) is 6.13. The Morgan fingerprint density at radius 1 is 1.08 bits per heavy atom. The molecule has 3 rings (SSSR count). The van der Waals surface area contributed by atoms with Crippen LogP contribution in [0, 0.1) is 0 Å². The molecular weight excluding hydrogens is 344 g/mol. The second-order valence-corrected chi connectivity index (χ2v) is 7.08. The van der Waals surface area contributed by atoms with Crippen molar-refractivity contribution in [3.63, 3.8) is 0 Å². The van der Waals surface area contributed by atoms with Crippen LogP contribution in [-0.4, -0.2) is 11.7 Å². The average molecular weight is 364 g/mol. The molecule has 1 aromatic heterocycles. The lowest BCUT2D eigenvalue weighted by Gasteiger charge is -2.10. The van der Waals surface area contributed by atoms with E-state index in [9.17, 15) is 9.59 Å². The molecule has 3 aromatic rings. The third kappa shape index (κ3) is 4.37. The van der Waals surface area contributed by atoms with Crippen molar-refractivity contribution in [1.29, 1.82) is 0 Å². The number of nitrogens with two attached hydrogens (primary N) is 1. The quantitative estimate of drug-likeness (QED) is 0.619. The maximum absolute atomic E-state index is 12.5. The van der Waals surface area contributed by atoms with E-state index < -0.39 is 0 Å². The lowest BCUT2D eigenvalue weighted by molar-refractivity contribution is -0.116. The predicted molar refractivity (Wildman–Crippen MR) is 108 cm³/mol. The molecule has 2 aromatic carbocycles. The number of nitrogen functional groups attached to an aromatic ring is 1. The van der Waals surface area contributed by atoms with E-state index in [1.54, 1.807) is 36.5 Å². The first-order valence-electron chi connectivity index (χ1n) is 8.36. The smallest absolute Gasteiger partial charge is 0.255 e. The van der Waals surface area contributed by atoms with Crippen molar-refractivity contribution in [2.24, 2.45) is 0 Å². The monoisotopic (exact) mass is 364 g/mol. The molecule has 0 unspecified atom stereocenters. The number of Topliss-reactive ketones (excluding diaryl/α,β-unsaturated/α-hetero) is 1. The minimum atomic E-state index is -0.210. The molecule has 3 N–H and O–H groups in total. The highest BCUT2D eigenvalue weighted by Crippen LogP contribution is 2.30. The Hall–Kier alpha value is -2.92. The highest BCUT2D eigenvalue weighted by Gasteiger charge is 2.10. The Bertz CT molecular complexity index is 916. The zero-order valence-electron chi connectivity index (χ0n) is 14.5. The molecule has 0 radical (unpaired) electrons. The molecule has 5 heteroatoms. The standard InChI is InChI=1S/C21H20N2O2S/c1-14(24)4-5-15-6-8-16(9-7-15)21(25)23-19-13-17(10-11-18(19)22)20-3-2-12-26-20/h2-3,6-13H,4-5,22H2,1H3,(H,23,25). The summed E-state index contributed by atoms with van der Waals surface area (Å²) in [4.78, 5) is 24.7. The summed E-state index contributed by atoms with van der Waals surface area (Å²) < 4.78 is 0. The number of nitrogens with one attached hydrogen (secondary N) is 1. The van der Waals surface area contributed by atoms with Crippen LogP contribution in [0.3, 0.4) is 0 Å². The average Bonchev–Trinajstić information content (AvgIpc) is 3.17. The molecule has 0 bridgehead atoms. The van der Waals surface area contributed by atoms with Gasteiger partial charge in [0.05, 0.1) is 11.4 Å². The fraction of sp³-hybridized carbons (Fsp3) is 0.143. The molecule has 0 aliphatic carbocycles. The van der Waals surface area contributed by atoms with Crippen molar-refractivity contribution in [2.75, 3.05) is 11.1 Å². The summed E-state index contributed by atoms with van der Waals surface area (Å²) in [5.74, 6) is -0.0499. The van der Waals surface area contributed by atoms with Crippen molar-refractivity contribution < 1.29 is 9.59 Å². The summed E-state index contributed by atoms with van der Waals surface area (Å²) >= 11 is 1.64. The summed E-state index contributed by atoms with van der Waals surface area (Å²) in [7, 11) is 0. The third-order valence-corrected chi connectivity index (χ3v) is 5.01. The Morgan fingerprint density at radius 2 is 1.85 bits per heavy atom. The van der Waals surface area contributed by atoms with Crippen molar-refractivity contribution in [2.45, 2.75) is 19.8 Å². The van der Waals surface area contributed by atoms with Gasteiger partial charge in [0, 0.05) is 16.9 Å². The molecule has 1 heterocycles. The van der Waals surface area contributed by atoms with Crippen molar-refractivity contribution in [3.05, 3.63) is 71.1 Å². The van der Waals surface area contributed by atoms with Crippen LogP contribution in [0.1, 0.15) is 29.3 Å². The Kier molecular flexibility index (Phi) is 5.49. The molecule has 0 saturated heterocycles. The normalized spacial score (nSPS) is 10.5. The number of anilines is 2. The van der Waals surface area contributed by atoms with Gasteiger partial charge in [0.15, 0.2) is 0 Å². The number of rotatable bonds is 6. The summed E-state index contributed by atoms with van der Waals surface area (Å²) in [6.07, 6.45) is 1.20. The van der Waals surface area contributed by atoms with Crippen molar-refractivity contribution in [3.8, 4) is 10.4 Å². The summed E-state index contributed by atoms with van der Waals surface area (Å²) in [6, 6.07) is 16.9. The third-order valence-electron chi connectivity index (χ3n) is 4.09. The minimum absolute atomic E-state index is 0.160. The van der Waals surface area contributed by atoms with Gasteiger partial charge < -0.3 is 15.8 Å². The summed E-state index contributed by atoms with van der Waals surface area (Å²) in [5.41, 5.74) is 9.75. The van der Waals surface area contributed by atoms with Gasteiger partial charge in [-0.1, -0.05) is 24.3 Å². The van der Waals surface area contributed by atoms with Gasteiger partial charge in [-0.05, 0) is 60.2 Å². The zero-order valence-corrected chi connectivity index (χ0v) is 15.3. The number of ketones is 1. The van der Waals surface area contributed by atoms with Gasteiger partial charge in [0.2, 0.25) is 0 Å². The van der Waals surface area contributed by atoms with Crippen LogP contribution in [0.15, 0.2) is 60.0 Å². The number of thiophene rings is 1. The number of amides is 1. The molecule has 132 valence electrons. The Morgan fingerprint density at radius 3 is 2.50 bits per heavy atom. The number of benzene rings is 2. The SMILES string of the molecule is CC(=O)CCc1ccc(C(=O)Nc2cc(-c3cccs3)ccc2N)cc1. The molecule has 0 aliphatic heterocycles. The van der Waals surface area contributed by atoms with Crippen LogP contribution in [0.25, 0.3) is 10.4 Å². The van der Waals surface area contributed by atoms with Crippen LogP contribution in [0.2, 0.25) is 0 Å². The largest absolute Gasteiger partial charge is 0.397 e. The van der Waals surface area contributed by atoms with Crippen LogP contribution in [-0.2, 0) is 11.2 Å². The van der Waals surface area contributed by atoms with Crippen molar-refractivity contribution in [1.82, 2.24) is 0 Å². The van der Waals surface area contributed by atoms with Crippen LogP contribution >= 0.6 is 11.3 Å². The molecule has 4 nitrogen and oxygen atoms in total. The number of aryl methyl sites for hydroxylation is 1. The second kappa shape index (κ2) is 7.97. The molecule has 0 spiro atoms. The van der Waals surface area contributed by atoms with Crippen LogP contribution in [0.5, 0.6) is 0 Å². The van der Waals surface area contributed by atoms with Crippen LogP contribution < -0.4 is 11.1 Å². The Labute approximate surface area is 156 Å². The van der Waals surface area contributed by atoms with Gasteiger partial charge in [-0.3, -0.25) is 4.79 Å². The van der Waals surface area contributed by atoms with E-state index in [0.717, 1.165) is 16.0 Å². The molecule has 0 aliphatic rings. The molecule has 0 atom stereocenters. The maximum Gasteiger partial charge on any atom is 0.255 e. The first-order valence-corrected chi connectivity index (χ1v) is 9.24. The predicted octanol–water partition coefficient (Wildman–Crippen LogP) is 4.77. The minimum Gasteiger partial charge on any atom is -0.397 e. The number of hydrogen-bond acceptors (Lipinski definition) is 4. The van der Waals surface area contributed by atoms with Gasteiger partial charge >= 0.3 is 0 Å². The van der Waals surface area contributed by atoms with Gasteiger partial charge in [0.1, 0.15) is 5.78 Å². The topological polar surface area (TPSA) is 72.2 Å². The first-order chi connectivity index (χ1) is 12.5. The maximum atomic E-state index is 12.5. The van der Waals surface area contributed by atoms with E-state index in [4.69, 9.17) is 5.73 Å². The van der Waals surface area contributed by atoms with Gasteiger partial charge in [0.25, 0.3) is 5.91 Å². The number of carbonyl (C=O) groups is 2. The lowest BCUT2D eigenvalue weighted by Crippen LogP contribution is -2.13. The van der Waals surface area contributed by atoms with Crippen molar-refractivity contribution >= 4 is 34.4 Å². The molecule has 0 fully saturated rings. The fourth-order valence-corrected chi connectivity index (χ4v) is 3.32. The van der Waals surface area contributed by atoms with Crippen LogP contribution in [0.4, 0.5) is 11.4 Å². The highest BCUT2D eigenvalue weighted by molar-refractivity contribution is 7.13. The lowest BCUT2D eigenvalue weighted by atomic mass is 10.1. The molecule has 0 saturated carbocycles. The Balaban J connectivity index is 1.73. The van der Waals surface area contributed by atoms with E-state index >= 15 is 0 Å². The van der Waals surface area contributed by atoms with E-state index in [-0.39, 0.29) is 11.7 Å². The van der Waals surface area contributed by atoms with E-state index in [2.05, 4.69) is 5.32 Å². The number of carbonyl (C=O) groups excluding carboxylic acids is 2. The number of hydrogen-bond donors (Lipinski definition) is 2. The van der Waals surface area contributed by atoms with E-state index in [0.29, 0.717) is 29.8 Å². The van der Waals surface area contributed by atoms with E-state index in [1.807, 2.05) is 41.8 Å². The molecule has 1 amide bonds. The zero-order chi connectivity index (χ0) is 18.5. The fourth-order valence-electron chi connectivity index (χ4n) is 2.60. The molecule has 26 heavy (non-hydrogen) atoms. The molecular formula is C21H20N2O2S. The van der Waals surface area contributed by atoms with Gasteiger partial charge in [-0.15, -0.1) is 11.3 Å². The van der Waals surface area contributed by atoms with Gasteiger partial charge in [-0.25, -0.2) is 0 Å². The first kappa shape index (κ1) is 17.9. The summed E-state index contributed by atoms with van der Waals surface area (Å²) in [6.45, 7) is 1.58.